The van der Waals surface area contributed by atoms with Crippen LogP contribution in [0.1, 0.15) is 33.2 Å². The van der Waals surface area contributed by atoms with Gasteiger partial charge in [-0.25, -0.2) is 9.18 Å². The van der Waals surface area contributed by atoms with Gasteiger partial charge in [0, 0.05) is 5.56 Å². The number of Topliss-reactive ketones (excluding diaryl/α,β-unsaturated/α-hetero) is 1. The lowest BCUT2D eigenvalue weighted by Crippen LogP contribution is -2.24. The van der Waals surface area contributed by atoms with E-state index in [9.17, 15) is 14.0 Å². The van der Waals surface area contributed by atoms with Crippen molar-refractivity contribution in [1.82, 2.24) is 0 Å². The van der Waals surface area contributed by atoms with Gasteiger partial charge in [-0.3, -0.25) is 4.79 Å². The normalized spacial score (nSPS) is 11.8. The van der Waals surface area contributed by atoms with Crippen LogP contribution in [0.2, 0.25) is 0 Å². The quantitative estimate of drug-likeness (QED) is 0.637. The van der Waals surface area contributed by atoms with E-state index >= 15 is 0 Å². The second kappa shape index (κ2) is 6.31. The van der Waals surface area contributed by atoms with Crippen molar-refractivity contribution in [1.29, 1.82) is 0 Å². The number of ether oxygens (including phenoxy) is 1. The van der Waals surface area contributed by atoms with E-state index in [2.05, 4.69) is 0 Å². The molecule has 1 atom stereocenters. The largest absolute Gasteiger partial charge is 0.451 e. The molecule has 0 aliphatic rings. The number of carbonyl (C=O) groups excluding carboxylic acids is 2. The Morgan fingerprint density at radius 1 is 0.952 bits per heavy atom. The van der Waals surface area contributed by atoms with Crippen LogP contribution < -0.4 is 0 Å². The summed E-state index contributed by atoms with van der Waals surface area (Å²) in [6.07, 6.45) is -0.898. The predicted molar refractivity (Wildman–Crippen MR) is 76.8 cm³/mol. The van der Waals surface area contributed by atoms with Gasteiger partial charge < -0.3 is 4.74 Å². The molecule has 0 unspecified atom stereocenters. The summed E-state index contributed by atoms with van der Waals surface area (Å²) < 4.78 is 17.9. The van der Waals surface area contributed by atoms with Crippen LogP contribution in [0, 0.1) is 12.7 Å². The predicted octanol–water partition coefficient (Wildman–Crippen LogP) is 3.56. The van der Waals surface area contributed by atoms with E-state index < -0.39 is 17.9 Å². The van der Waals surface area contributed by atoms with Crippen LogP contribution in [0.25, 0.3) is 0 Å². The Balaban J connectivity index is 2.05. The highest BCUT2D eigenvalue weighted by Gasteiger charge is 2.20. The minimum absolute atomic E-state index is 0.208. The maximum Gasteiger partial charge on any atom is 0.338 e. The van der Waals surface area contributed by atoms with Crippen LogP contribution in [0.4, 0.5) is 4.39 Å². The standard InChI is InChI=1S/C17H15FO3/c1-11-3-5-13(6-4-11)16(19)12(2)21-17(20)14-7-9-15(18)10-8-14/h3-10,12H,1-2H3/t12-/m0/s1. The number of esters is 1. The number of benzene rings is 2. The van der Waals surface area contributed by atoms with Gasteiger partial charge >= 0.3 is 5.97 Å². The third-order valence-electron chi connectivity index (χ3n) is 3.07. The summed E-state index contributed by atoms with van der Waals surface area (Å²) >= 11 is 0. The third kappa shape index (κ3) is 3.75. The van der Waals surface area contributed by atoms with E-state index in [1.165, 1.54) is 31.2 Å². The Bertz CT molecular complexity index is 645. The summed E-state index contributed by atoms with van der Waals surface area (Å²) in [5.41, 5.74) is 1.74. The molecule has 0 N–H and O–H groups in total. The molecule has 0 aromatic heterocycles. The first kappa shape index (κ1) is 14.9. The highest BCUT2D eigenvalue weighted by Crippen LogP contribution is 2.11. The number of hydrogen-bond donors (Lipinski definition) is 0. The van der Waals surface area contributed by atoms with Gasteiger partial charge in [-0.1, -0.05) is 29.8 Å². The van der Waals surface area contributed by atoms with E-state index in [4.69, 9.17) is 4.74 Å². The fourth-order valence-corrected chi connectivity index (χ4v) is 1.82. The number of ketones is 1. The number of halogens is 1. The molecule has 0 saturated carbocycles. The molecule has 0 aliphatic carbocycles. The SMILES string of the molecule is Cc1ccc(C(=O)[C@H](C)OC(=O)c2ccc(F)cc2)cc1. The smallest absolute Gasteiger partial charge is 0.338 e. The Morgan fingerprint density at radius 3 is 2.05 bits per heavy atom. The van der Waals surface area contributed by atoms with Crippen molar-refractivity contribution >= 4 is 11.8 Å². The third-order valence-corrected chi connectivity index (χ3v) is 3.07. The zero-order chi connectivity index (χ0) is 15.4. The average Bonchev–Trinajstić information content (AvgIpc) is 2.47. The van der Waals surface area contributed by atoms with Gasteiger partial charge in [-0.15, -0.1) is 0 Å². The van der Waals surface area contributed by atoms with Gasteiger partial charge in [0.25, 0.3) is 0 Å². The molecule has 2 aromatic rings. The second-order valence-corrected chi connectivity index (χ2v) is 4.78. The lowest BCUT2D eigenvalue weighted by atomic mass is 10.1. The molecule has 0 amide bonds. The van der Waals surface area contributed by atoms with Crippen molar-refractivity contribution in [2.75, 3.05) is 0 Å². The summed E-state index contributed by atoms with van der Waals surface area (Å²) in [5.74, 6) is -1.36. The molecule has 0 saturated heterocycles. The summed E-state index contributed by atoms with van der Waals surface area (Å²) in [7, 11) is 0. The number of rotatable bonds is 4. The average molecular weight is 286 g/mol. The van der Waals surface area contributed by atoms with Crippen LogP contribution in [0.15, 0.2) is 48.5 Å². The van der Waals surface area contributed by atoms with Crippen LogP contribution in [-0.2, 0) is 4.74 Å². The maximum absolute atomic E-state index is 12.8. The van der Waals surface area contributed by atoms with E-state index in [-0.39, 0.29) is 11.3 Å². The van der Waals surface area contributed by atoms with Crippen molar-refractivity contribution in [3.8, 4) is 0 Å². The first-order chi connectivity index (χ1) is 9.97. The number of aryl methyl sites for hydroxylation is 1. The molecule has 0 bridgehead atoms. The molecule has 0 heterocycles. The Labute approximate surface area is 122 Å². The lowest BCUT2D eigenvalue weighted by Gasteiger charge is -2.12. The van der Waals surface area contributed by atoms with E-state index in [1.54, 1.807) is 12.1 Å². The fourth-order valence-electron chi connectivity index (χ4n) is 1.82. The van der Waals surface area contributed by atoms with Gasteiger partial charge in [0.1, 0.15) is 5.82 Å². The van der Waals surface area contributed by atoms with Crippen molar-refractivity contribution < 1.29 is 18.7 Å². The summed E-state index contributed by atoms with van der Waals surface area (Å²) in [5, 5.41) is 0. The van der Waals surface area contributed by atoms with Gasteiger partial charge in [0.15, 0.2) is 6.10 Å². The van der Waals surface area contributed by atoms with Crippen LogP contribution in [0.3, 0.4) is 0 Å². The van der Waals surface area contributed by atoms with E-state index in [0.29, 0.717) is 5.56 Å². The highest BCUT2D eigenvalue weighted by atomic mass is 19.1. The molecule has 0 spiro atoms. The Hall–Kier alpha value is -2.49. The zero-order valence-corrected chi connectivity index (χ0v) is 11.8. The second-order valence-electron chi connectivity index (χ2n) is 4.78. The number of hydrogen-bond acceptors (Lipinski definition) is 3. The summed E-state index contributed by atoms with van der Waals surface area (Å²) in [4.78, 5) is 24.0. The molecule has 3 nitrogen and oxygen atoms in total. The Kier molecular flexibility index (Phi) is 4.48. The van der Waals surface area contributed by atoms with Gasteiger partial charge in [-0.05, 0) is 38.1 Å². The van der Waals surface area contributed by atoms with E-state index in [1.807, 2.05) is 19.1 Å². The van der Waals surface area contributed by atoms with Crippen LogP contribution in [-0.4, -0.2) is 17.9 Å². The molecule has 108 valence electrons. The minimum Gasteiger partial charge on any atom is -0.451 e. The lowest BCUT2D eigenvalue weighted by molar-refractivity contribution is 0.0319. The number of carbonyl (C=O) groups is 2. The van der Waals surface area contributed by atoms with Crippen LogP contribution >= 0.6 is 0 Å². The first-order valence-electron chi connectivity index (χ1n) is 6.55. The summed E-state index contributed by atoms with van der Waals surface area (Å²) in [6.45, 7) is 3.44. The molecular weight excluding hydrogens is 271 g/mol. The maximum atomic E-state index is 12.8. The van der Waals surface area contributed by atoms with Crippen molar-refractivity contribution in [3.05, 3.63) is 71.0 Å². The molecular formula is C17H15FO3. The van der Waals surface area contributed by atoms with Crippen molar-refractivity contribution in [2.24, 2.45) is 0 Å². The summed E-state index contributed by atoms with van der Waals surface area (Å²) in [6, 6.07) is 12.0. The molecule has 0 fully saturated rings. The van der Waals surface area contributed by atoms with Crippen LogP contribution in [0.5, 0.6) is 0 Å². The topological polar surface area (TPSA) is 43.4 Å². The highest BCUT2D eigenvalue weighted by molar-refractivity contribution is 6.01. The molecule has 2 rings (SSSR count). The zero-order valence-electron chi connectivity index (χ0n) is 11.8. The monoisotopic (exact) mass is 286 g/mol. The first-order valence-corrected chi connectivity index (χ1v) is 6.55. The minimum atomic E-state index is -0.898. The van der Waals surface area contributed by atoms with Crippen molar-refractivity contribution in [3.63, 3.8) is 0 Å². The molecule has 2 aromatic carbocycles. The van der Waals surface area contributed by atoms with Gasteiger partial charge in [0.05, 0.1) is 5.56 Å². The van der Waals surface area contributed by atoms with E-state index in [0.717, 1.165) is 5.56 Å². The molecule has 0 aliphatic heterocycles. The van der Waals surface area contributed by atoms with Gasteiger partial charge in [-0.2, -0.15) is 0 Å². The molecule has 4 heteroatoms. The Morgan fingerprint density at radius 2 is 1.48 bits per heavy atom. The van der Waals surface area contributed by atoms with Gasteiger partial charge in [0.2, 0.25) is 5.78 Å². The van der Waals surface area contributed by atoms with Crippen molar-refractivity contribution in [2.45, 2.75) is 20.0 Å². The molecule has 21 heavy (non-hydrogen) atoms. The fraction of sp³-hybridized carbons (Fsp3) is 0.176. The molecule has 0 radical (unpaired) electrons.